The molecular weight excluding hydrogens is 536 g/mol. The van der Waals surface area contributed by atoms with Crippen LogP contribution in [0.4, 0.5) is 0 Å². The Morgan fingerprint density at radius 3 is 2.25 bits per heavy atom. The van der Waals surface area contributed by atoms with Crippen LogP contribution in [0.15, 0.2) is 146 Å². The standard InChI is InChI=1S/C40H36N4/c1-28-12-9-16-31(24-28)32-17-11-18-33(26-32)39(41)43-40(30-14-3-2-4-15-30)42-27-29-13-10-19-34(25-29)44-37-22-7-5-20-35(37)36-21-6-8-23-38(36)44/h2-11,13-26,28,40,42H,12,27H2,1H3,(H2,41,43). The minimum Gasteiger partial charge on any atom is -0.351 e. The number of amidine groups is 1. The van der Waals surface area contributed by atoms with E-state index in [2.05, 4.69) is 137 Å². The lowest BCUT2D eigenvalue weighted by Crippen LogP contribution is -2.38. The number of para-hydroxylation sites is 2. The van der Waals surface area contributed by atoms with Gasteiger partial charge < -0.3 is 9.88 Å². The molecule has 0 amide bonds. The lowest BCUT2D eigenvalue weighted by molar-refractivity contribution is 0.504. The number of fused-ring (bicyclic) bond motifs is 3. The first-order chi connectivity index (χ1) is 21.6. The molecule has 0 radical (unpaired) electrons. The first-order valence-electron chi connectivity index (χ1n) is 15.3. The molecule has 1 aliphatic rings. The fourth-order valence-electron chi connectivity index (χ4n) is 6.24. The lowest BCUT2D eigenvalue weighted by atomic mass is 9.93. The molecular formula is C40H36N4. The Balaban J connectivity index is 1.15. The molecule has 2 unspecified atom stereocenters. The first kappa shape index (κ1) is 27.6. The maximum Gasteiger partial charge on any atom is 0.126 e. The summed E-state index contributed by atoms with van der Waals surface area (Å²) in [4.78, 5) is 0. The van der Waals surface area contributed by atoms with Crippen molar-refractivity contribution in [1.82, 2.24) is 15.2 Å². The number of hydrogen-bond donors (Lipinski definition) is 3. The average Bonchev–Trinajstić information content (AvgIpc) is 3.41. The molecule has 44 heavy (non-hydrogen) atoms. The SMILES string of the molecule is CC1C=C(c2cccc(C(=N)NC(NCc3cccc(-n4c5ccccc5c5ccccc54)c3)c3ccccc3)c2)C=CC1. The number of hydrogen-bond acceptors (Lipinski definition) is 2. The fourth-order valence-corrected chi connectivity index (χ4v) is 6.24. The van der Waals surface area contributed by atoms with Crippen molar-refractivity contribution < 1.29 is 0 Å². The second-order valence-corrected chi connectivity index (χ2v) is 11.6. The van der Waals surface area contributed by atoms with Crippen LogP contribution in [0.5, 0.6) is 0 Å². The van der Waals surface area contributed by atoms with E-state index in [1.54, 1.807) is 0 Å². The first-order valence-corrected chi connectivity index (χ1v) is 15.3. The maximum absolute atomic E-state index is 9.03. The van der Waals surface area contributed by atoms with Crippen LogP contribution >= 0.6 is 0 Å². The molecule has 4 nitrogen and oxygen atoms in total. The molecule has 0 spiro atoms. The van der Waals surface area contributed by atoms with Gasteiger partial charge in [-0.1, -0.05) is 122 Å². The van der Waals surface area contributed by atoms with Crippen LogP contribution in [-0.2, 0) is 6.54 Å². The number of allylic oxidation sites excluding steroid dienone is 4. The number of nitrogens with one attached hydrogen (secondary N) is 3. The molecule has 0 aliphatic heterocycles. The van der Waals surface area contributed by atoms with E-state index < -0.39 is 0 Å². The highest BCUT2D eigenvalue weighted by molar-refractivity contribution is 6.09. The Morgan fingerprint density at radius 1 is 0.795 bits per heavy atom. The minimum absolute atomic E-state index is 0.238. The highest BCUT2D eigenvalue weighted by Gasteiger charge is 2.16. The number of aromatic nitrogens is 1. The molecule has 3 N–H and O–H groups in total. The summed E-state index contributed by atoms with van der Waals surface area (Å²) < 4.78 is 2.35. The summed E-state index contributed by atoms with van der Waals surface area (Å²) in [6.07, 6.45) is 7.59. The van der Waals surface area contributed by atoms with Crippen molar-refractivity contribution in [3.05, 3.63) is 168 Å². The van der Waals surface area contributed by atoms with E-state index >= 15 is 0 Å². The normalized spacial score (nSPS) is 15.3. The van der Waals surface area contributed by atoms with Crippen molar-refractivity contribution >= 4 is 33.2 Å². The molecule has 6 aromatic rings. The number of rotatable bonds is 8. The van der Waals surface area contributed by atoms with Gasteiger partial charge in [0.15, 0.2) is 0 Å². The highest BCUT2D eigenvalue weighted by Crippen LogP contribution is 2.32. The second-order valence-electron chi connectivity index (χ2n) is 11.6. The second kappa shape index (κ2) is 12.2. The third kappa shape index (κ3) is 5.60. The Kier molecular flexibility index (Phi) is 7.66. The molecule has 1 aromatic heterocycles. The molecule has 0 saturated carbocycles. The largest absolute Gasteiger partial charge is 0.351 e. The zero-order chi connectivity index (χ0) is 29.9. The number of benzene rings is 5. The van der Waals surface area contributed by atoms with Crippen LogP contribution in [0.3, 0.4) is 0 Å². The van der Waals surface area contributed by atoms with Gasteiger partial charge in [-0.05, 0) is 64.9 Å². The van der Waals surface area contributed by atoms with E-state index in [0.29, 0.717) is 18.3 Å². The molecule has 7 rings (SSSR count). The van der Waals surface area contributed by atoms with Gasteiger partial charge in [-0.25, -0.2) is 0 Å². The van der Waals surface area contributed by atoms with Crippen LogP contribution in [0.25, 0.3) is 33.1 Å². The Hall–Kier alpha value is -5.19. The van der Waals surface area contributed by atoms with Crippen molar-refractivity contribution in [3.8, 4) is 5.69 Å². The van der Waals surface area contributed by atoms with Gasteiger partial charge >= 0.3 is 0 Å². The van der Waals surface area contributed by atoms with E-state index in [1.807, 2.05) is 30.3 Å². The minimum atomic E-state index is -0.238. The zero-order valence-corrected chi connectivity index (χ0v) is 24.9. The predicted molar refractivity (Wildman–Crippen MR) is 184 cm³/mol. The van der Waals surface area contributed by atoms with Gasteiger partial charge in [-0.3, -0.25) is 10.7 Å². The predicted octanol–water partition coefficient (Wildman–Crippen LogP) is 9.17. The Bertz CT molecular complexity index is 1960. The molecule has 0 fully saturated rings. The smallest absolute Gasteiger partial charge is 0.126 e. The Labute approximate surface area is 258 Å². The van der Waals surface area contributed by atoms with Crippen molar-refractivity contribution in [2.45, 2.75) is 26.1 Å². The third-order valence-electron chi connectivity index (χ3n) is 8.43. The summed E-state index contributed by atoms with van der Waals surface area (Å²) in [6.45, 7) is 2.88. The summed E-state index contributed by atoms with van der Waals surface area (Å²) in [5.41, 5.74) is 9.02. The van der Waals surface area contributed by atoms with E-state index in [0.717, 1.165) is 28.8 Å². The molecule has 216 valence electrons. The van der Waals surface area contributed by atoms with E-state index in [4.69, 9.17) is 5.41 Å². The molecule has 4 heteroatoms. The molecule has 1 aliphatic carbocycles. The van der Waals surface area contributed by atoms with Crippen LogP contribution in [0, 0.1) is 11.3 Å². The van der Waals surface area contributed by atoms with Gasteiger partial charge in [0, 0.05) is 28.6 Å². The summed E-state index contributed by atoms with van der Waals surface area (Å²) >= 11 is 0. The maximum atomic E-state index is 9.03. The van der Waals surface area contributed by atoms with Gasteiger partial charge in [-0.2, -0.15) is 0 Å². The quantitative estimate of drug-likeness (QED) is 0.0968. The zero-order valence-electron chi connectivity index (χ0n) is 24.9. The average molecular weight is 573 g/mol. The summed E-state index contributed by atoms with van der Waals surface area (Å²) in [5, 5.41) is 18.7. The van der Waals surface area contributed by atoms with Crippen LogP contribution < -0.4 is 10.6 Å². The molecule has 0 saturated heterocycles. The van der Waals surface area contributed by atoms with Crippen molar-refractivity contribution in [2.24, 2.45) is 5.92 Å². The van der Waals surface area contributed by atoms with Crippen molar-refractivity contribution in [1.29, 1.82) is 5.41 Å². The van der Waals surface area contributed by atoms with Gasteiger partial charge in [0.1, 0.15) is 12.0 Å². The van der Waals surface area contributed by atoms with Gasteiger partial charge in [0.25, 0.3) is 0 Å². The summed E-state index contributed by atoms with van der Waals surface area (Å²) in [6, 6.07) is 44.5. The molecule has 5 aromatic carbocycles. The van der Waals surface area contributed by atoms with E-state index in [1.165, 1.54) is 32.9 Å². The highest BCUT2D eigenvalue weighted by atomic mass is 15.1. The molecule has 2 atom stereocenters. The van der Waals surface area contributed by atoms with E-state index in [9.17, 15) is 0 Å². The van der Waals surface area contributed by atoms with Gasteiger partial charge in [0.05, 0.1) is 11.0 Å². The van der Waals surface area contributed by atoms with Gasteiger partial charge in [0.2, 0.25) is 0 Å². The van der Waals surface area contributed by atoms with Crippen LogP contribution in [-0.4, -0.2) is 10.4 Å². The van der Waals surface area contributed by atoms with Crippen LogP contribution in [0.2, 0.25) is 0 Å². The van der Waals surface area contributed by atoms with Crippen molar-refractivity contribution in [2.75, 3.05) is 0 Å². The van der Waals surface area contributed by atoms with Crippen LogP contribution in [0.1, 0.15) is 41.8 Å². The topological polar surface area (TPSA) is 52.8 Å². The third-order valence-corrected chi connectivity index (χ3v) is 8.43. The van der Waals surface area contributed by atoms with Crippen molar-refractivity contribution in [3.63, 3.8) is 0 Å². The fraction of sp³-hybridized carbons (Fsp3) is 0.125. The van der Waals surface area contributed by atoms with E-state index in [-0.39, 0.29) is 6.17 Å². The number of nitrogens with zero attached hydrogens (tertiary/aromatic N) is 1. The molecule has 1 heterocycles. The molecule has 0 bridgehead atoms. The lowest BCUT2D eigenvalue weighted by Gasteiger charge is -2.23. The summed E-state index contributed by atoms with van der Waals surface area (Å²) in [5.74, 6) is 0.914. The monoisotopic (exact) mass is 572 g/mol. The van der Waals surface area contributed by atoms with Gasteiger partial charge in [-0.15, -0.1) is 0 Å². The Morgan fingerprint density at radius 2 is 1.50 bits per heavy atom. The summed E-state index contributed by atoms with van der Waals surface area (Å²) in [7, 11) is 0.